The standard InChI is InChI=1S/C22H28N2O4S/c1-5-6-7-8-9-15-12-16-20(23-13-19(25)24-22(16)29-15)14-10-17(26-2)21(28-4)18(11-14)27-3/h10-12H,5-9,13H2,1-4H3,(H,24,25). The third-order valence-corrected chi connectivity index (χ3v) is 6.00. The molecule has 0 spiro atoms. The van der Waals surface area contributed by atoms with Gasteiger partial charge < -0.3 is 19.5 Å². The van der Waals surface area contributed by atoms with E-state index in [1.165, 1.54) is 24.1 Å². The van der Waals surface area contributed by atoms with Crippen molar-refractivity contribution in [2.24, 2.45) is 4.99 Å². The zero-order valence-corrected chi connectivity index (χ0v) is 18.3. The molecule has 0 atom stereocenters. The first-order valence-corrected chi connectivity index (χ1v) is 10.7. The molecule has 1 aromatic carbocycles. The summed E-state index contributed by atoms with van der Waals surface area (Å²) >= 11 is 1.64. The molecule has 0 aliphatic carbocycles. The van der Waals surface area contributed by atoms with Gasteiger partial charge in [-0.3, -0.25) is 9.79 Å². The van der Waals surface area contributed by atoms with Crippen LogP contribution in [0.15, 0.2) is 23.2 Å². The number of benzene rings is 1. The van der Waals surface area contributed by atoms with Gasteiger partial charge in [0.25, 0.3) is 0 Å². The minimum Gasteiger partial charge on any atom is -0.493 e. The van der Waals surface area contributed by atoms with Gasteiger partial charge in [-0.05, 0) is 31.0 Å². The molecule has 1 aromatic heterocycles. The number of hydrogen-bond acceptors (Lipinski definition) is 6. The molecule has 1 amide bonds. The van der Waals surface area contributed by atoms with Crippen molar-refractivity contribution in [3.05, 3.63) is 34.2 Å². The van der Waals surface area contributed by atoms with E-state index in [1.807, 2.05) is 12.1 Å². The van der Waals surface area contributed by atoms with Crippen LogP contribution in [0.3, 0.4) is 0 Å². The smallest absolute Gasteiger partial charge is 0.246 e. The van der Waals surface area contributed by atoms with Gasteiger partial charge in [0.05, 0.1) is 27.0 Å². The Morgan fingerprint density at radius 3 is 2.38 bits per heavy atom. The molecule has 1 N–H and O–H groups in total. The quantitative estimate of drug-likeness (QED) is 0.602. The lowest BCUT2D eigenvalue weighted by atomic mass is 10.0. The van der Waals surface area contributed by atoms with Gasteiger partial charge in [-0.1, -0.05) is 26.2 Å². The van der Waals surface area contributed by atoms with Crippen LogP contribution in [0.2, 0.25) is 0 Å². The molecule has 2 heterocycles. The fourth-order valence-electron chi connectivity index (χ4n) is 3.43. The Morgan fingerprint density at radius 1 is 1.03 bits per heavy atom. The molecule has 156 valence electrons. The van der Waals surface area contributed by atoms with E-state index in [1.54, 1.807) is 32.7 Å². The average Bonchev–Trinajstić information content (AvgIpc) is 3.05. The Kier molecular flexibility index (Phi) is 7.14. The van der Waals surface area contributed by atoms with E-state index in [0.717, 1.165) is 34.7 Å². The summed E-state index contributed by atoms with van der Waals surface area (Å²) in [6, 6.07) is 5.90. The van der Waals surface area contributed by atoms with Gasteiger partial charge in [-0.2, -0.15) is 0 Å². The molecule has 0 bridgehead atoms. The second kappa shape index (κ2) is 9.78. The number of hydrogen-bond donors (Lipinski definition) is 1. The Hall–Kier alpha value is -2.54. The van der Waals surface area contributed by atoms with Crippen molar-refractivity contribution >= 4 is 28.0 Å². The number of aryl methyl sites for hydroxylation is 1. The van der Waals surface area contributed by atoms with Crippen LogP contribution in [0.5, 0.6) is 17.2 Å². The van der Waals surface area contributed by atoms with Gasteiger partial charge in [0.2, 0.25) is 11.7 Å². The van der Waals surface area contributed by atoms with E-state index in [0.29, 0.717) is 17.2 Å². The molecule has 0 radical (unpaired) electrons. The fraction of sp³-hybridized carbons (Fsp3) is 0.455. The molecule has 3 rings (SSSR count). The number of nitrogens with zero attached hydrogens (tertiary/aromatic N) is 1. The number of aliphatic imine (C=N–C) groups is 1. The first-order chi connectivity index (χ1) is 14.1. The molecule has 0 saturated heterocycles. The highest BCUT2D eigenvalue weighted by Gasteiger charge is 2.23. The summed E-state index contributed by atoms with van der Waals surface area (Å²) in [5.74, 6) is 1.55. The molecule has 0 unspecified atom stereocenters. The minimum atomic E-state index is -0.104. The first-order valence-electron chi connectivity index (χ1n) is 9.89. The third-order valence-electron chi connectivity index (χ3n) is 4.89. The van der Waals surface area contributed by atoms with Crippen molar-refractivity contribution in [3.8, 4) is 17.2 Å². The largest absolute Gasteiger partial charge is 0.493 e. The predicted octanol–water partition coefficient (Wildman–Crippen LogP) is 4.69. The summed E-state index contributed by atoms with van der Waals surface area (Å²) in [5.41, 5.74) is 2.53. The lowest BCUT2D eigenvalue weighted by Crippen LogP contribution is -2.12. The second-order valence-electron chi connectivity index (χ2n) is 6.89. The minimum absolute atomic E-state index is 0.0826. The van der Waals surface area contributed by atoms with Crippen LogP contribution in [0, 0.1) is 0 Å². The maximum absolute atomic E-state index is 12.2. The molecule has 1 aliphatic rings. The van der Waals surface area contributed by atoms with E-state index in [4.69, 9.17) is 14.2 Å². The maximum Gasteiger partial charge on any atom is 0.246 e. The number of methoxy groups -OCH3 is 3. The number of fused-ring (bicyclic) bond motifs is 1. The van der Waals surface area contributed by atoms with Gasteiger partial charge >= 0.3 is 0 Å². The van der Waals surface area contributed by atoms with Crippen molar-refractivity contribution in [3.63, 3.8) is 0 Å². The van der Waals surface area contributed by atoms with Gasteiger partial charge in [-0.25, -0.2) is 0 Å². The van der Waals surface area contributed by atoms with E-state index in [2.05, 4.69) is 23.3 Å². The Morgan fingerprint density at radius 2 is 1.76 bits per heavy atom. The number of rotatable bonds is 9. The van der Waals surface area contributed by atoms with Crippen molar-refractivity contribution in [1.29, 1.82) is 0 Å². The Balaban J connectivity index is 2.00. The monoisotopic (exact) mass is 416 g/mol. The molecule has 6 nitrogen and oxygen atoms in total. The van der Waals surface area contributed by atoms with Crippen LogP contribution in [-0.4, -0.2) is 39.5 Å². The number of thiophene rings is 1. The number of unbranched alkanes of at least 4 members (excludes halogenated alkanes) is 3. The van der Waals surface area contributed by atoms with Crippen LogP contribution in [-0.2, 0) is 11.2 Å². The van der Waals surface area contributed by atoms with Crippen LogP contribution < -0.4 is 19.5 Å². The van der Waals surface area contributed by atoms with E-state index in [-0.39, 0.29) is 12.5 Å². The number of amides is 1. The predicted molar refractivity (Wildman–Crippen MR) is 117 cm³/mol. The molecular formula is C22H28N2O4S. The number of carbonyl (C=O) groups excluding carboxylic acids is 1. The van der Waals surface area contributed by atoms with Gasteiger partial charge in [-0.15, -0.1) is 11.3 Å². The highest BCUT2D eigenvalue weighted by atomic mass is 32.1. The lowest BCUT2D eigenvalue weighted by molar-refractivity contribution is -0.114. The SMILES string of the molecule is CCCCCCc1cc2c(s1)NC(=O)CN=C2c1cc(OC)c(OC)c(OC)c1. The van der Waals surface area contributed by atoms with Crippen molar-refractivity contribution in [1.82, 2.24) is 0 Å². The zero-order chi connectivity index (χ0) is 20.8. The van der Waals surface area contributed by atoms with Gasteiger partial charge in [0, 0.05) is 16.0 Å². The summed E-state index contributed by atoms with van der Waals surface area (Å²) in [6.45, 7) is 2.29. The molecule has 0 fully saturated rings. The molecule has 7 heteroatoms. The summed E-state index contributed by atoms with van der Waals surface area (Å²) < 4.78 is 16.4. The number of carbonyl (C=O) groups is 1. The van der Waals surface area contributed by atoms with Crippen LogP contribution in [0.4, 0.5) is 5.00 Å². The Labute approximate surface area is 175 Å². The molecule has 1 aliphatic heterocycles. The van der Waals surface area contributed by atoms with Gasteiger partial charge in [0.1, 0.15) is 11.5 Å². The fourth-order valence-corrected chi connectivity index (χ4v) is 4.54. The van der Waals surface area contributed by atoms with E-state index >= 15 is 0 Å². The summed E-state index contributed by atoms with van der Waals surface area (Å²) in [7, 11) is 4.75. The normalized spacial score (nSPS) is 13.2. The highest BCUT2D eigenvalue weighted by Crippen LogP contribution is 2.40. The molecule has 2 aromatic rings. The molecule has 29 heavy (non-hydrogen) atoms. The topological polar surface area (TPSA) is 69.2 Å². The highest BCUT2D eigenvalue weighted by molar-refractivity contribution is 7.16. The van der Waals surface area contributed by atoms with E-state index in [9.17, 15) is 4.79 Å². The van der Waals surface area contributed by atoms with Crippen molar-refractivity contribution in [2.45, 2.75) is 39.0 Å². The van der Waals surface area contributed by atoms with Crippen molar-refractivity contribution < 1.29 is 19.0 Å². The second-order valence-corrected chi connectivity index (χ2v) is 8.03. The van der Waals surface area contributed by atoms with E-state index < -0.39 is 0 Å². The Bertz CT molecular complexity index is 879. The first kappa shape index (κ1) is 21.2. The summed E-state index contributed by atoms with van der Waals surface area (Å²) in [5, 5.41) is 3.85. The molecular weight excluding hydrogens is 388 g/mol. The third kappa shape index (κ3) is 4.72. The van der Waals surface area contributed by atoms with Crippen LogP contribution in [0.25, 0.3) is 0 Å². The zero-order valence-electron chi connectivity index (χ0n) is 17.5. The lowest BCUT2D eigenvalue weighted by Gasteiger charge is -2.15. The van der Waals surface area contributed by atoms with Crippen LogP contribution in [0.1, 0.15) is 48.6 Å². The summed E-state index contributed by atoms with van der Waals surface area (Å²) in [4.78, 5) is 18.1. The molecule has 0 saturated carbocycles. The number of anilines is 1. The number of nitrogens with one attached hydrogen (secondary N) is 1. The van der Waals surface area contributed by atoms with Crippen LogP contribution >= 0.6 is 11.3 Å². The number of ether oxygens (including phenoxy) is 3. The van der Waals surface area contributed by atoms with Gasteiger partial charge in [0.15, 0.2) is 11.5 Å². The maximum atomic E-state index is 12.2. The van der Waals surface area contributed by atoms with Crippen molar-refractivity contribution in [2.75, 3.05) is 33.2 Å². The summed E-state index contributed by atoms with van der Waals surface area (Å²) in [6.07, 6.45) is 5.85. The average molecular weight is 417 g/mol.